The molecule has 1 aromatic heterocycles. The van der Waals surface area contributed by atoms with E-state index >= 15 is 0 Å². The molecule has 0 spiro atoms. The average Bonchev–Trinajstić information content (AvgIpc) is 2.32. The summed E-state index contributed by atoms with van der Waals surface area (Å²) < 4.78 is 10.2. The van der Waals surface area contributed by atoms with Gasteiger partial charge in [0.25, 0.3) is 0 Å². The molecule has 0 aliphatic heterocycles. The fourth-order valence-corrected chi connectivity index (χ4v) is 1.66. The molecule has 0 saturated heterocycles. The first-order valence-corrected chi connectivity index (χ1v) is 6.32. The van der Waals surface area contributed by atoms with E-state index in [4.69, 9.17) is 9.47 Å². The Labute approximate surface area is 123 Å². The number of aromatic nitrogens is 1. The highest BCUT2D eigenvalue weighted by Gasteiger charge is 2.22. The zero-order chi connectivity index (χ0) is 15.5. The lowest BCUT2D eigenvalue weighted by Crippen LogP contribution is -2.27. The number of rotatable bonds is 2. The largest absolute Gasteiger partial charge is 0.480 e. The van der Waals surface area contributed by atoms with E-state index < -0.39 is 11.7 Å². The van der Waals surface area contributed by atoms with Gasteiger partial charge in [-0.2, -0.15) is 5.26 Å². The highest BCUT2D eigenvalue weighted by molar-refractivity contribution is 7.80. The van der Waals surface area contributed by atoms with Crippen LogP contribution < -0.4 is 10.1 Å². The summed E-state index contributed by atoms with van der Waals surface area (Å²) in [5.74, 6) is 0.133. The Kier molecular flexibility index (Phi) is 4.84. The lowest BCUT2D eigenvalue weighted by atomic mass is 10.2. The van der Waals surface area contributed by atoms with Crippen LogP contribution in [0.1, 0.15) is 32.0 Å². The fraction of sp³-hybridized carbons (Fsp3) is 0.462. The van der Waals surface area contributed by atoms with Gasteiger partial charge in [-0.05, 0) is 27.7 Å². The van der Waals surface area contributed by atoms with Gasteiger partial charge in [-0.1, -0.05) is 0 Å². The number of ether oxygens (including phenoxy) is 2. The van der Waals surface area contributed by atoms with Crippen molar-refractivity contribution in [1.82, 2.24) is 4.98 Å². The Morgan fingerprint density at radius 1 is 1.45 bits per heavy atom. The maximum Gasteiger partial charge on any atom is 0.412 e. The average molecular weight is 295 g/mol. The van der Waals surface area contributed by atoms with Crippen LogP contribution in [-0.2, 0) is 4.74 Å². The van der Waals surface area contributed by atoms with Crippen molar-refractivity contribution in [2.45, 2.75) is 38.2 Å². The molecule has 0 unspecified atom stereocenters. The predicted octanol–water partition coefficient (Wildman–Crippen LogP) is 2.91. The molecule has 20 heavy (non-hydrogen) atoms. The summed E-state index contributed by atoms with van der Waals surface area (Å²) in [5.41, 5.74) is 0.235. The summed E-state index contributed by atoms with van der Waals surface area (Å²) >= 11 is 4.27. The first-order valence-electron chi connectivity index (χ1n) is 5.87. The Morgan fingerprint density at radius 2 is 2.05 bits per heavy atom. The SMILES string of the molecule is COc1nc(C)c(S)c(NC(=O)OC(C)(C)C)c1C#N. The van der Waals surface area contributed by atoms with Gasteiger partial charge in [0.05, 0.1) is 23.4 Å². The van der Waals surface area contributed by atoms with Crippen LogP contribution in [0.5, 0.6) is 5.88 Å². The number of aryl methyl sites for hydroxylation is 1. The zero-order valence-corrected chi connectivity index (χ0v) is 13.0. The molecule has 108 valence electrons. The number of carbonyl (C=O) groups is 1. The van der Waals surface area contributed by atoms with E-state index in [9.17, 15) is 10.1 Å². The van der Waals surface area contributed by atoms with Gasteiger partial charge in [0.2, 0.25) is 5.88 Å². The summed E-state index contributed by atoms with van der Waals surface area (Å²) in [6.45, 7) is 6.94. The number of nitrogens with one attached hydrogen (secondary N) is 1. The fourth-order valence-electron chi connectivity index (χ4n) is 1.45. The van der Waals surface area contributed by atoms with Gasteiger partial charge in [0, 0.05) is 0 Å². The number of amides is 1. The van der Waals surface area contributed by atoms with Crippen molar-refractivity contribution in [2.75, 3.05) is 12.4 Å². The summed E-state index contributed by atoms with van der Waals surface area (Å²) in [4.78, 5) is 16.3. The maximum absolute atomic E-state index is 11.8. The minimum atomic E-state index is -0.669. The summed E-state index contributed by atoms with van der Waals surface area (Å²) in [7, 11) is 1.40. The Morgan fingerprint density at radius 3 is 2.50 bits per heavy atom. The Hall–Kier alpha value is -1.94. The summed E-state index contributed by atoms with van der Waals surface area (Å²) in [6, 6.07) is 1.94. The number of hydrogen-bond acceptors (Lipinski definition) is 6. The van der Waals surface area contributed by atoms with E-state index in [0.717, 1.165) is 0 Å². The van der Waals surface area contributed by atoms with Crippen LogP contribution in [0.15, 0.2) is 4.90 Å². The van der Waals surface area contributed by atoms with Gasteiger partial charge >= 0.3 is 6.09 Å². The number of nitrogens with zero attached hydrogens (tertiary/aromatic N) is 2. The van der Waals surface area contributed by atoms with Gasteiger partial charge in [-0.25, -0.2) is 9.78 Å². The number of hydrogen-bond donors (Lipinski definition) is 2. The van der Waals surface area contributed by atoms with Gasteiger partial charge in [-0.3, -0.25) is 5.32 Å². The third kappa shape index (κ3) is 3.78. The molecular formula is C13H17N3O3S. The van der Waals surface area contributed by atoms with Crippen molar-refractivity contribution in [2.24, 2.45) is 0 Å². The molecule has 0 aliphatic rings. The number of carbonyl (C=O) groups excluding carboxylic acids is 1. The highest BCUT2D eigenvalue weighted by Crippen LogP contribution is 2.32. The van der Waals surface area contributed by atoms with Crippen molar-refractivity contribution in [1.29, 1.82) is 5.26 Å². The monoisotopic (exact) mass is 295 g/mol. The van der Waals surface area contributed by atoms with Crippen LogP contribution in [-0.4, -0.2) is 23.8 Å². The Balaban J connectivity index is 3.21. The summed E-state index contributed by atoms with van der Waals surface area (Å²) in [5, 5.41) is 11.7. The molecule has 1 amide bonds. The molecular weight excluding hydrogens is 278 g/mol. The lowest BCUT2D eigenvalue weighted by molar-refractivity contribution is 0.0635. The van der Waals surface area contributed by atoms with Crippen LogP contribution in [0, 0.1) is 18.3 Å². The second-order valence-electron chi connectivity index (χ2n) is 5.04. The standard InChI is InChI=1S/C13H17N3O3S/c1-7-10(20)9(8(6-14)11(15-7)18-5)16-12(17)19-13(2,3)4/h20H,1-5H3,(H,15,16,17). The first-order chi connectivity index (χ1) is 9.19. The van der Waals surface area contributed by atoms with Crippen molar-refractivity contribution in [3.63, 3.8) is 0 Å². The quantitative estimate of drug-likeness (QED) is 0.819. The molecule has 1 rings (SSSR count). The molecule has 7 heteroatoms. The number of nitriles is 1. The number of anilines is 1. The maximum atomic E-state index is 11.8. The van der Waals surface area contributed by atoms with E-state index in [0.29, 0.717) is 10.6 Å². The van der Waals surface area contributed by atoms with E-state index in [-0.39, 0.29) is 17.1 Å². The van der Waals surface area contributed by atoms with E-state index in [1.807, 2.05) is 6.07 Å². The molecule has 1 heterocycles. The second kappa shape index (κ2) is 6.01. The minimum Gasteiger partial charge on any atom is -0.480 e. The van der Waals surface area contributed by atoms with E-state index in [1.54, 1.807) is 27.7 Å². The van der Waals surface area contributed by atoms with Crippen LogP contribution in [0.2, 0.25) is 0 Å². The molecule has 1 aromatic rings. The molecule has 0 fully saturated rings. The van der Waals surface area contributed by atoms with Crippen molar-refractivity contribution < 1.29 is 14.3 Å². The second-order valence-corrected chi connectivity index (χ2v) is 5.49. The predicted molar refractivity (Wildman–Crippen MR) is 77.3 cm³/mol. The van der Waals surface area contributed by atoms with Gasteiger partial charge in [-0.15, -0.1) is 12.6 Å². The van der Waals surface area contributed by atoms with E-state index in [1.165, 1.54) is 7.11 Å². The van der Waals surface area contributed by atoms with Crippen LogP contribution in [0.4, 0.5) is 10.5 Å². The smallest absolute Gasteiger partial charge is 0.412 e. The van der Waals surface area contributed by atoms with Gasteiger partial charge in [0.15, 0.2) is 0 Å². The highest BCUT2D eigenvalue weighted by atomic mass is 32.1. The zero-order valence-electron chi connectivity index (χ0n) is 12.1. The summed E-state index contributed by atoms with van der Waals surface area (Å²) in [6.07, 6.45) is -0.669. The normalized spacial score (nSPS) is 10.7. The van der Waals surface area contributed by atoms with Crippen LogP contribution >= 0.6 is 12.6 Å². The third-order valence-electron chi connectivity index (χ3n) is 2.24. The van der Waals surface area contributed by atoms with Crippen LogP contribution in [0.25, 0.3) is 0 Å². The molecule has 0 radical (unpaired) electrons. The first kappa shape index (κ1) is 16.1. The number of thiol groups is 1. The van der Waals surface area contributed by atoms with Gasteiger partial charge < -0.3 is 9.47 Å². The number of pyridine rings is 1. The van der Waals surface area contributed by atoms with Crippen molar-refractivity contribution in [3.8, 4) is 11.9 Å². The molecule has 0 atom stereocenters. The molecule has 0 saturated carbocycles. The molecule has 0 aliphatic carbocycles. The minimum absolute atomic E-state index is 0.106. The Bertz CT molecular complexity index is 574. The van der Waals surface area contributed by atoms with Crippen molar-refractivity contribution >= 4 is 24.4 Å². The topological polar surface area (TPSA) is 84.2 Å². The third-order valence-corrected chi connectivity index (χ3v) is 2.79. The molecule has 1 N–H and O–H groups in total. The molecule has 6 nitrogen and oxygen atoms in total. The van der Waals surface area contributed by atoms with Crippen LogP contribution in [0.3, 0.4) is 0 Å². The molecule has 0 aromatic carbocycles. The number of methoxy groups -OCH3 is 1. The molecule has 0 bridgehead atoms. The van der Waals surface area contributed by atoms with E-state index in [2.05, 4.69) is 22.9 Å². The van der Waals surface area contributed by atoms with Gasteiger partial charge in [0.1, 0.15) is 17.2 Å². The lowest BCUT2D eigenvalue weighted by Gasteiger charge is -2.21. The van der Waals surface area contributed by atoms with Crippen molar-refractivity contribution in [3.05, 3.63) is 11.3 Å².